The standard InChI is InChI=1S/C18H20ClN3O2.ClH/c19-15-4-2-1-3-13(15)10-22-11-14(7-8-17(22)23)18(24)21-9-16(20)12-5-6-12;/h1-4,7-8,11-12,16H,5-6,9-10,20H2,(H,21,24);1H. The maximum atomic E-state index is 12.3. The third-order valence-corrected chi connectivity index (χ3v) is 4.64. The quantitative estimate of drug-likeness (QED) is 0.806. The molecule has 7 heteroatoms. The zero-order valence-electron chi connectivity index (χ0n) is 13.7. The Bertz CT molecular complexity index is 803. The minimum atomic E-state index is -0.223. The van der Waals surface area contributed by atoms with Gasteiger partial charge in [0.2, 0.25) is 0 Å². The minimum Gasteiger partial charge on any atom is -0.350 e. The lowest BCUT2D eigenvalue weighted by Crippen LogP contribution is -2.38. The van der Waals surface area contributed by atoms with Crippen molar-refractivity contribution in [3.63, 3.8) is 0 Å². The van der Waals surface area contributed by atoms with Crippen molar-refractivity contribution in [3.8, 4) is 0 Å². The number of halogens is 2. The lowest BCUT2D eigenvalue weighted by molar-refractivity contribution is 0.0949. The predicted octanol–water partition coefficient (Wildman–Crippen LogP) is 2.44. The molecule has 5 nitrogen and oxygen atoms in total. The van der Waals surface area contributed by atoms with Gasteiger partial charge in [-0.3, -0.25) is 9.59 Å². The Morgan fingerprint density at radius 1 is 1.28 bits per heavy atom. The topological polar surface area (TPSA) is 77.1 Å². The third kappa shape index (κ3) is 5.08. The molecule has 0 bridgehead atoms. The lowest BCUT2D eigenvalue weighted by atomic mass is 10.2. The van der Waals surface area contributed by atoms with Crippen LogP contribution in [0.2, 0.25) is 5.02 Å². The fraction of sp³-hybridized carbons (Fsp3) is 0.333. The molecule has 1 atom stereocenters. The Balaban J connectivity index is 0.00000225. The number of carbonyl (C=O) groups excluding carboxylic acids is 1. The van der Waals surface area contributed by atoms with Crippen molar-refractivity contribution in [2.75, 3.05) is 6.54 Å². The molecule has 0 aliphatic heterocycles. The smallest absolute Gasteiger partial charge is 0.252 e. The van der Waals surface area contributed by atoms with Gasteiger partial charge in [-0.1, -0.05) is 29.8 Å². The van der Waals surface area contributed by atoms with Crippen molar-refractivity contribution < 1.29 is 4.79 Å². The number of aromatic nitrogens is 1. The van der Waals surface area contributed by atoms with Crippen molar-refractivity contribution in [1.29, 1.82) is 0 Å². The Hall–Kier alpha value is -1.82. The summed E-state index contributed by atoms with van der Waals surface area (Å²) in [5, 5.41) is 3.43. The Kier molecular flexibility index (Phi) is 6.64. The molecule has 0 radical (unpaired) electrons. The van der Waals surface area contributed by atoms with Crippen LogP contribution in [-0.4, -0.2) is 23.1 Å². The summed E-state index contributed by atoms with van der Waals surface area (Å²) >= 11 is 6.14. The van der Waals surface area contributed by atoms with Crippen LogP contribution in [0.5, 0.6) is 0 Å². The fourth-order valence-electron chi connectivity index (χ4n) is 2.60. The first kappa shape index (κ1) is 19.5. The van der Waals surface area contributed by atoms with Crippen LogP contribution in [0.4, 0.5) is 0 Å². The molecule has 2 aromatic rings. The van der Waals surface area contributed by atoms with Crippen molar-refractivity contribution in [2.24, 2.45) is 11.7 Å². The average Bonchev–Trinajstić information content (AvgIpc) is 3.41. The first-order chi connectivity index (χ1) is 11.5. The zero-order valence-corrected chi connectivity index (χ0v) is 15.2. The van der Waals surface area contributed by atoms with Gasteiger partial charge in [-0.15, -0.1) is 12.4 Å². The highest BCUT2D eigenvalue weighted by molar-refractivity contribution is 6.31. The van der Waals surface area contributed by atoms with E-state index in [-0.39, 0.29) is 29.9 Å². The fourth-order valence-corrected chi connectivity index (χ4v) is 2.80. The van der Waals surface area contributed by atoms with Crippen molar-refractivity contribution in [2.45, 2.75) is 25.4 Å². The van der Waals surface area contributed by atoms with Gasteiger partial charge in [-0.05, 0) is 36.5 Å². The Morgan fingerprint density at radius 2 is 2.00 bits per heavy atom. The molecular weight excluding hydrogens is 361 g/mol. The molecule has 25 heavy (non-hydrogen) atoms. The number of rotatable bonds is 6. The first-order valence-electron chi connectivity index (χ1n) is 8.02. The number of nitrogens with two attached hydrogens (primary N) is 1. The SMILES string of the molecule is Cl.NC(CNC(=O)c1ccc(=O)n(Cc2ccccc2Cl)c1)C1CC1. The van der Waals surface area contributed by atoms with E-state index in [1.165, 1.54) is 16.7 Å². The molecule has 134 valence electrons. The molecule has 1 fully saturated rings. The summed E-state index contributed by atoms with van der Waals surface area (Å²) in [5.74, 6) is 0.304. The number of pyridine rings is 1. The Labute approximate surface area is 157 Å². The molecule has 0 spiro atoms. The number of benzene rings is 1. The second-order valence-electron chi connectivity index (χ2n) is 6.19. The van der Waals surface area contributed by atoms with Crippen LogP contribution in [0, 0.1) is 5.92 Å². The van der Waals surface area contributed by atoms with Crippen LogP contribution >= 0.6 is 24.0 Å². The minimum absolute atomic E-state index is 0. The molecule has 1 aliphatic carbocycles. The first-order valence-corrected chi connectivity index (χ1v) is 8.40. The van der Waals surface area contributed by atoms with Crippen molar-refractivity contribution in [3.05, 3.63) is 69.1 Å². The summed E-state index contributed by atoms with van der Waals surface area (Å²) in [6.07, 6.45) is 3.84. The summed E-state index contributed by atoms with van der Waals surface area (Å²) in [6.45, 7) is 0.772. The van der Waals surface area contributed by atoms with Crippen molar-refractivity contribution >= 4 is 29.9 Å². The average molecular weight is 382 g/mol. The molecule has 0 saturated heterocycles. The summed E-state index contributed by atoms with van der Waals surface area (Å²) in [7, 11) is 0. The largest absolute Gasteiger partial charge is 0.350 e. The zero-order chi connectivity index (χ0) is 17.1. The van der Waals surface area contributed by atoms with Crippen LogP contribution in [0.15, 0.2) is 47.4 Å². The number of nitrogens with zero attached hydrogens (tertiary/aromatic N) is 1. The van der Waals surface area contributed by atoms with Gasteiger partial charge in [0.25, 0.3) is 11.5 Å². The molecule has 1 amide bonds. The Morgan fingerprint density at radius 3 is 2.68 bits per heavy atom. The van der Waals surface area contributed by atoms with E-state index in [0.717, 1.165) is 18.4 Å². The molecule has 1 aromatic heterocycles. The maximum Gasteiger partial charge on any atom is 0.252 e. The monoisotopic (exact) mass is 381 g/mol. The second kappa shape index (κ2) is 8.52. The highest BCUT2D eigenvalue weighted by atomic mass is 35.5. The van der Waals surface area contributed by atoms with E-state index in [2.05, 4.69) is 5.32 Å². The van der Waals surface area contributed by atoms with Gasteiger partial charge in [0, 0.05) is 29.9 Å². The molecule has 1 heterocycles. The molecular formula is C18H21Cl2N3O2. The van der Waals surface area contributed by atoms with Crippen LogP contribution in [0.1, 0.15) is 28.8 Å². The number of amides is 1. The summed E-state index contributed by atoms with van der Waals surface area (Å²) in [4.78, 5) is 24.3. The molecule has 3 rings (SSSR count). The summed E-state index contributed by atoms with van der Waals surface area (Å²) in [6, 6.07) is 10.3. The van der Waals surface area contributed by atoms with Gasteiger partial charge in [-0.25, -0.2) is 0 Å². The number of hydrogen-bond acceptors (Lipinski definition) is 3. The highest BCUT2D eigenvalue weighted by Crippen LogP contribution is 2.31. The van der Waals surface area contributed by atoms with Crippen LogP contribution in [-0.2, 0) is 6.54 Å². The van der Waals surface area contributed by atoms with Gasteiger partial charge in [-0.2, -0.15) is 0 Å². The van der Waals surface area contributed by atoms with E-state index >= 15 is 0 Å². The van der Waals surface area contributed by atoms with Crippen molar-refractivity contribution in [1.82, 2.24) is 9.88 Å². The predicted molar refractivity (Wildman–Crippen MR) is 102 cm³/mol. The van der Waals surface area contributed by atoms with E-state index in [9.17, 15) is 9.59 Å². The van der Waals surface area contributed by atoms with Crippen LogP contribution < -0.4 is 16.6 Å². The van der Waals surface area contributed by atoms with E-state index in [4.69, 9.17) is 17.3 Å². The second-order valence-corrected chi connectivity index (χ2v) is 6.59. The van der Waals surface area contributed by atoms with Gasteiger partial charge in [0.1, 0.15) is 0 Å². The lowest BCUT2D eigenvalue weighted by Gasteiger charge is -2.13. The van der Waals surface area contributed by atoms with Gasteiger partial charge in [0.15, 0.2) is 0 Å². The number of carbonyl (C=O) groups is 1. The summed E-state index contributed by atoms with van der Waals surface area (Å²) in [5.41, 5.74) is 7.08. The van der Waals surface area contributed by atoms with E-state index in [1.807, 2.05) is 18.2 Å². The third-order valence-electron chi connectivity index (χ3n) is 4.27. The normalized spacial score (nSPS) is 14.5. The molecule has 1 unspecified atom stereocenters. The maximum absolute atomic E-state index is 12.3. The molecule has 1 aliphatic rings. The molecule has 3 N–H and O–H groups in total. The number of hydrogen-bond donors (Lipinski definition) is 2. The van der Waals surface area contributed by atoms with Gasteiger partial charge >= 0.3 is 0 Å². The van der Waals surface area contributed by atoms with Crippen LogP contribution in [0.25, 0.3) is 0 Å². The van der Waals surface area contributed by atoms with Crippen LogP contribution in [0.3, 0.4) is 0 Å². The van der Waals surface area contributed by atoms with E-state index in [0.29, 0.717) is 29.6 Å². The molecule has 1 aromatic carbocycles. The highest BCUT2D eigenvalue weighted by Gasteiger charge is 2.28. The van der Waals surface area contributed by atoms with Gasteiger partial charge < -0.3 is 15.6 Å². The van der Waals surface area contributed by atoms with E-state index < -0.39 is 0 Å². The van der Waals surface area contributed by atoms with Gasteiger partial charge in [0.05, 0.1) is 12.1 Å². The molecule has 1 saturated carbocycles. The number of nitrogens with one attached hydrogen (secondary N) is 1. The van der Waals surface area contributed by atoms with E-state index in [1.54, 1.807) is 12.3 Å². The summed E-state index contributed by atoms with van der Waals surface area (Å²) < 4.78 is 1.48.